The van der Waals surface area contributed by atoms with Crippen LogP contribution in [0.2, 0.25) is 0 Å². The van der Waals surface area contributed by atoms with Crippen LogP contribution in [0.3, 0.4) is 0 Å². The number of nitrogens with zero attached hydrogens (tertiary/aromatic N) is 2. The van der Waals surface area contributed by atoms with Gasteiger partial charge >= 0.3 is 11.7 Å². The van der Waals surface area contributed by atoms with E-state index in [1.807, 2.05) is 0 Å². The van der Waals surface area contributed by atoms with Crippen molar-refractivity contribution in [2.45, 2.75) is 0 Å². The van der Waals surface area contributed by atoms with Crippen molar-refractivity contribution in [2.24, 2.45) is 5.10 Å². The van der Waals surface area contributed by atoms with Gasteiger partial charge < -0.3 is 10.2 Å². The van der Waals surface area contributed by atoms with Gasteiger partial charge in [0.25, 0.3) is 0 Å². The monoisotopic (exact) mass is 301 g/mol. The number of carboxylic acid groups (broad SMARTS) is 1. The summed E-state index contributed by atoms with van der Waals surface area (Å²) >= 11 is 0. The van der Waals surface area contributed by atoms with Crippen LogP contribution in [-0.4, -0.2) is 27.3 Å². The molecule has 0 spiro atoms. The lowest BCUT2D eigenvalue weighted by molar-refractivity contribution is -0.385. The first kappa shape index (κ1) is 15.0. The number of carboxylic acids is 1. The number of para-hydroxylation sites is 1. The first-order chi connectivity index (χ1) is 10.5. The lowest BCUT2D eigenvalue weighted by Gasteiger charge is -2.02. The standard InChI is InChI=1S/C14H11N3O5/c18-13-10(2-1-3-12(13)17(21)22)8-15-16-11-6-4-9(5-7-11)14(19)20/h1-8,16,18H,(H,19,20)/b15-8+. The van der Waals surface area contributed by atoms with Crippen LogP contribution in [-0.2, 0) is 0 Å². The Kier molecular flexibility index (Phi) is 4.33. The second-order valence-electron chi connectivity index (χ2n) is 4.22. The van der Waals surface area contributed by atoms with Crippen LogP contribution in [0.5, 0.6) is 5.75 Å². The third kappa shape index (κ3) is 3.37. The SMILES string of the molecule is O=C(O)c1ccc(N/N=C/c2cccc([N+](=O)[O-])c2O)cc1. The first-order valence-corrected chi connectivity index (χ1v) is 6.08. The summed E-state index contributed by atoms with van der Waals surface area (Å²) in [4.78, 5) is 20.7. The summed E-state index contributed by atoms with van der Waals surface area (Å²) in [7, 11) is 0. The first-order valence-electron chi connectivity index (χ1n) is 6.08. The molecule has 8 nitrogen and oxygen atoms in total. The van der Waals surface area contributed by atoms with E-state index in [1.165, 1.54) is 48.7 Å². The molecule has 0 saturated carbocycles. The van der Waals surface area contributed by atoms with Crippen LogP contribution < -0.4 is 5.43 Å². The Morgan fingerprint density at radius 1 is 1.23 bits per heavy atom. The van der Waals surface area contributed by atoms with Crippen LogP contribution in [0.15, 0.2) is 47.6 Å². The molecule has 0 heterocycles. The molecule has 22 heavy (non-hydrogen) atoms. The molecule has 2 rings (SSSR count). The van der Waals surface area contributed by atoms with Crippen LogP contribution in [0, 0.1) is 10.1 Å². The Balaban J connectivity index is 2.11. The van der Waals surface area contributed by atoms with Crippen molar-refractivity contribution in [2.75, 3.05) is 5.43 Å². The minimum absolute atomic E-state index is 0.144. The van der Waals surface area contributed by atoms with E-state index in [9.17, 15) is 20.0 Å². The van der Waals surface area contributed by atoms with E-state index in [-0.39, 0.29) is 11.1 Å². The van der Waals surface area contributed by atoms with E-state index in [1.54, 1.807) is 0 Å². The quantitative estimate of drug-likeness (QED) is 0.442. The van der Waals surface area contributed by atoms with Crippen LogP contribution in [0.25, 0.3) is 0 Å². The summed E-state index contributed by atoms with van der Waals surface area (Å²) in [6, 6.07) is 9.95. The van der Waals surface area contributed by atoms with E-state index >= 15 is 0 Å². The van der Waals surface area contributed by atoms with Crippen molar-refractivity contribution < 1.29 is 19.9 Å². The lowest BCUT2D eigenvalue weighted by Crippen LogP contribution is -1.97. The zero-order valence-corrected chi connectivity index (χ0v) is 11.1. The second kappa shape index (κ2) is 6.35. The maximum Gasteiger partial charge on any atom is 0.335 e. The number of aromatic hydroxyl groups is 1. The number of phenolic OH excluding ortho intramolecular Hbond substituents is 1. The number of nitro benzene ring substituents is 1. The molecule has 0 aliphatic rings. The minimum atomic E-state index is -1.03. The normalized spacial score (nSPS) is 10.5. The molecule has 2 aromatic carbocycles. The molecule has 0 aromatic heterocycles. The average molecular weight is 301 g/mol. The van der Waals surface area contributed by atoms with Gasteiger partial charge in [0.05, 0.1) is 22.4 Å². The summed E-state index contributed by atoms with van der Waals surface area (Å²) in [6.45, 7) is 0. The van der Waals surface area contributed by atoms with Gasteiger partial charge in [0.15, 0.2) is 0 Å². The number of phenols is 1. The fraction of sp³-hybridized carbons (Fsp3) is 0. The molecular formula is C14H11N3O5. The number of nitro groups is 1. The molecule has 8 heteroatoms. The summed E-state index contributed by atoms with van der Waals surface area (Å²) in [5, 5.41) is 33.0. The Labute approximate surface area is 124 Å². The molecule has 0 unspecified atom stereocenters. The maximum absolute atomic E-state index is 10.7. The van der Waals surface area contributed by atoms with E-state index in [0.717, 1.165) is 0 Å². The molecule has 112 valence electrons. The number of nitrogens with one attached hydrogen (secondary N) is 1. The van der Waals surface area contributed by atoms with E-state index in [2.05, 4.69) is 10.5 Å². The molecule has 3 N–H and O–H groups in total. The fourth-order valence-corrected chi connectivity index (χ4v) is 1.66. The smallest absolute Gasteiger partial charge is 0.335 e. The molecule has 0 saturated heterocycles. The highest BCUT2D eigenvalue weighted by Gasteiger charge is 2.14. The molecule has 0 fully saturated rings. The topological polar surface area (TPSA) is 125 Å². The zero-order chi connectivity index (χ0) is 16.1. The van der Waals surface area contributed by atoms with Crippen LogP contribution in [0.1, 0.15) is 15.9 Å². The number of hydrogen-bond acceptors (Lipinski definition) is 6. The third-order valence-corrected chi connectivity index (χ3v) is 2.77. The summed E-state index contributed by atoms with van der Waals surface area (Å²) in [5.41, 5.74) is 3.09. The van der Waals surface area contributed by atoms with Crippen LogP contribution in [0.4, 0.5) is 11.4 Å². The predicted octanol–water partition coefficient (Wildman–Crippen LogP) is 2.44. The van der Waals surface area contributed by atoms with Crippen LogP contribution >= 0.6 is 0 Å². The molecule has 0 radical (unpaired) electrons. The van der Waals surface area contributed by atoms with Crippen molar-refractivity contribution in [1.29, 1.82) is 0 Å². The fourth-order valence-electron chi connectivity index (χ4n) is 1.66. The van der Waals surface area contributed by atoms with Crippen molar-refractivity contribution in [1.82, 2.24) is 0 Å². The number of rotatable bonds is 5. The zero-order valence-electron chi connectivity index (χ0n) is 11.1. The van der Waals surface area contributed by atoms with Gasteiger partial charge in [-0.15, -0.1) is 0 Å². The van der Waals surface area contributed by atoms with Gasteiger partial charge in [-0.3, -0.25) is 15.5 Å². The minimum Gasteiger partial charge on any atom is -0.502 e. The lowest BCUT2D eigenvalue weighted by atomic mass is 10.2. The molecule has 0 bridgehead atoms. The molecule has 0 aliphatic heterocycles. The van der Waals surface area contributed by atoms with E-state index in [0.29, 0.717) is 5.69 Å². The van der Waals surface area contributed by atoms with Gasteiger partial charge in [-0.25, -0.2) is 4.79 Å². The number of hydrazone groups is 1. The highest BCUT2D eigenvalue weighted by molar-refractivity contribution is 5.88. The number of hydrogen-bond donors (Lipinski definition) is 3. The highest BCUT2D eigenvalue weighted by Crippen LogP contribution is 2.27. The maximum atomic E-state index is 10.7. The van der Waals surface area contributed by atoms with E-state index in [4.69, 9.17) is 5.11 Å². The van der Waals surface area contributed by atoms with Gasteiger partial charge in [0.1, 0.15) is 0 Å². The Hall–Kier alpha value is -3.42. The molecular weight excluding hydrogens is 290 g/mol. The summed E-state index contributed by atoms with van der Waals surface area (Å²) in [6.07, 6.45) is 1.23. The largest absolute Gasteiger partial charge is 0.502 e. The Bertz CT molecular complexity index is 741. The van der Waals surface area contributed by atoms with Gasteiger partial charge in [-0.2, -0.15) is 5.10 Å². The number of anilines is 1. The third-order valence-electron chi connectivity index (χ3n) is 2.77. The molecule has 0 atom stereocenters. The molecule has 0 aliphatic carbocycles. The number of carbonyl (C=O) groups is 1. The predicted molar refractivity (Wildman–Crippen MR) is 79.4 cm³/mol. The summed E-state index contributed by atoms with van der Waals surface area (Å²) in [5.74, 6) is -1.50. The average Bonchev–Trinajstić information content (AvgIpc) is 2.49. The number of aromatic carboxylic acids is 1. The van der Waals surface area contributed by atoms with Gasteiger partial charge in [-0.1, -0.05) is 6.07 Å². The Morgan fingerprint density at radius 3 is 2.50 bits per heavy atom. The summed E-state index contributed by atoms with van der Waals surface area (Å²) < 4.78 is 0. The molecule has 2 aromatic rings. The molecule has 0 amide bonds. The highest BCUT2D eigenvalue weighted by atomic mass is 16.6. The van der Waals surface area contributed by atoms with Crippen molar-refractivity contribution in [3.05, 3.63) is 63.7 Å². The van der Waals surface area contributed by atoms with Crippen molar-refractivity contribution in [3.8, 4) is 5.75 Å². The van der Waals surface area contributed by atoms with Gasteiger partial charge in [-0.05, 0) is 30.3 Å². The van der Waals surface area contributed by atoms with Crippen molar-refractivity contribution in [3.63, 3.8) is 0 Å². The number of benzene rings is 2. The van der Waals surface area contributed by atoms with Gasteiger partial charge in [0.2, 0.25) is 5.75 Å². The van der Waals surface area contributed by atoms with E-state index < -0.39 is 22.3 Å². The second-order valence-corrected chi connectivity index (χ2v) is 4.22. The van der Waals surface area contributed by atoms with Gasteiger partial charge in [0, 0.05) is 11.6 Å². The Morgan fingerprint density at radius 2 is 1.91 bits per heavy atom. The van der Waals surface area contributed by atoms with Crippen molar-refractivity contribution >= 4 is 23.6 Å².